The molecule has 0 aliphatic heterocycles. The zero-order valence-corrected chi connectivity index (χ0v) is 11.5. The molecule has 0 aliphatic rings. The Labute approximate surface area is 113 Å². The van der Waals surface area contributed by atoms with Crippen LogP contribution in [-0.2, 0) is 12.8 Å². The van der Waals surface area contributed by atoms with Gasteiger partial charge in [0, 0.05) is 11.3 Å². The SMILES string of the molecule is CCCc1ccc(C(Cc2cccs2)NN)cc1. The molecule has 3 N–H and O–H groups in total. The Morgan fingerprint density at radius 3 is 2.56 bits per heavy atom. The Morgan fingerprint density at radius 1 is 1.22 bits per heavy atom. The summed E-state index contributed by atoms with van der Waals surface area (Å²) >= 11 is 1.78. The van der Waals surface area contributed by atoms with Gasteiger partial charge in [0.1, 0.15) is 0 Å². The predicted octanol–water partition coefficient (Wildman–Crippen LogP) is 3.45. The standard InChI is InChI=1S/C15H20N2S/c1-2-4-12-6-8-13(9-7-12)15(17-16)11-14-5-3-10-18-14/h3,5-10,15,17H,2,4,11,16H2,1H3. The third-order valence-electron chi connectivity index (χ3n) is 3.11. The van der Waals surface area contributed by atoms with E-state index in [9.17, 15) is 0 Å². The second kappa shape index (κ2) is 6.69. The van der Waals surface area contributed by atoms with E-state index in [-0.39, 0.29) is 6.04 Å². The van der Waals surface area contributed by atoms with Crippen molar-refractivity contribution in [1.82, 2.24) is 5.43 Å². The molecule has 2 aromatic rings. The third-order valence-corrected chi connectivity index (χ3v) is 4.01. The van der Waals surface area contributed by atoms with Crippen molar-refractivity contribution in [3.05, 3.63) is 57.8 Å². The van der Waals surface area contributed by atoms with Crippen LogP contribution in [-0.4, -0.2) is 0 Å². The summed E-state index contributed by atoms with van der Waals surface area (Å²) in [5.74, 6) is 5.67. The number of nitrogens with one attached hydrogen (secondary N) is 1. The molecule has 0 spiro atoms. The number of aryl methyl sites for hydroxylation is 1. The highest BCUT2D eigenvalue weighted by atomic mass is 32.1. The lowest BCUT2D eigenvalue weighted by molar-refractivity contribution is 0.555. The van der Waals surface area contributed by atoms with Gasteiger partial charge in [0.15, 0.2) is 0 Å². The van der Waals surface area contributed by atoms with Crippen LogP contribution in [0.15, 0.2) is 41.8 Å². The Morgan fingerprint density at radius 2 is 2.00 bits per heavy atom. The van der Waals surface area contributed by atoms with Crippen LogP contribution in [0.25, 0.3) is 0 Å². The van der Waals surface area contributed by atoms with E-state index in [0.29, 0.717) is 0 Å². The van der Waals surface area contributed by atoms with Crippen molar-refractivity contribution >= 4 is 11.3 Å². The Balaban J connectivity index is 2.07. The summed E-state index contributed by atoms with van der Waals surface area (Å²) in [6.07, 6.45) is 3.28. The van der Waals surface area contributed by atoms with Crippen LogP contribution in [0.5, 0.6) is 0 Å². The first-order valence-corrected chi connectivity index (χ1v) is 7.28. The molecule has 0 radical (unpaired) electrons. The molecule has 3 heteroatoms. The minimum atomic E-state index is 0.194. The first-order chi connectivity index (χ1) is 8.83. The van der Waals surface area contributed by atoms with Gasteiger partial charge in [-0.05, 0) is 29.0 Å². The van der Waals surface area contributed by atoms with Crippen molar-refractivity contribution < 1.29 is 0 Å². The lowest BCUT2D eigenvalue weighted by Gasteiger charge is -2.16. The molecular formula is C15H20N2S. The van der Waals surface area contributed by atoms with E-state index in [2.05, 4.69) is 54.1 Å². The van der Waals surface area contributed by atoms with E-state index in [1.807, 2.05) is 0 Å². The number of nitrogens with two attached hydrogens (primary N) is 1. The van der Waals surface area contributed by atoms with Crippen molar-refractivity contribution in [3.63, 3.8) is 0 Å². The summed E-state index contributed by atoms with van der Waals surface area (Å²) < 4.78 is 0. The summed E-state index contributed by atoms with van der Waals surface area (Å²) in [5, 5.41) is 2.10. The van der Waals surface area contributed by atoms with Crippen molar-refractivity contribution in [1.29, 1.82) is 0 Å². The molecule has 1 atom stereocenters. The fraction of sp³-hybridized carbons (Fsp3) is 0.333. The van der Waals surface area contributed by atoms with Crippen molar-refractivity contribution in [2.75, 3.05) is 0 Å². The van der Waals surface area contributed by atoms with E-state index >= 15 is 0 Å². The minimum Gasteiger partial charge on any atom is -0.271 e. The molecule has 1 heterocycles. The number of hydrogen-bond donors (Lipinski definition) is 2. The van der Waals surface area contributed by atoms with Crippen molar-refractivity contribution in [3.8, 4) is 0 Å². The van der Waals surface area contributed by atoms with Gasteiger partial charge in [-0.15, -0.1) is 11.3 Å². The normalized spacial score (nSPS) is 12.6. The molecule has 1 unspecified atom stereocenters. The molecule has 1 aromatic heterocycles. The average molecular weight is 260 g/mol. The zero-order chi connectivity index (χ0) is 12.8. The van der Waals surface area contributed by atoms with E-state index in [4.69, 9.17) is 5.84 Å². The van der Waals surface area contributed by atoms with Crippen LogP contribution in [0.2, 0.25) is 0 Å². The predicted molar refractivity (Wildman–Crippen MR) is 78.5 cm³/mol. The average Bonchev–Trinajstić information content (AvgIpc) is 2.90. The molecule has 0 fully saturated rings. The van der Waals surface area contributed by atoms with Crippen LogP contribution in [0, 0.1) is 0 Å². The van der Waals surface area contributed by atoms with Gasteiger partial charge >= 0.3 is 0 Å². The second-order valence-electron chi connectivity index (χ2n) is 4.49. The number of hydrazine groups is 1. The van der Waals surface area contributed by atoms with Crippen molar-refractivity contribution in [2.45, 2.75) is 32.2 Å². The molecule has 0 aliphatic carbocycles. The number of hydrogen-bond acceptors (Lipinski definition) is 3. The zero-order valence-electron chi connectivity index (χ0n) is 10.7. The molecule has 2 nitrogen and oxygen atoms in total. The van der Waals surface area contributed by atoms with Gasteiger partial charge in [-0.25, -0.2) is 0 Å². The van der Waals surface area contributed by atoms with Gasteiger partial charge in [-0.2, -0.15) is 0 Å². The molecule has 0 amide bonds. The molecule has 1 aromatic carbocycles. The summed E-state index contributed by atoms with van der Waals surface area (Å²) in [7, 11) is 0. The molecule has 0 saturated heterocycles. The second-order valence-corrected chi connectivity index (χ2v) is 5.53. The highest BCUT2D eigenvalue weighted by Crippen LogP contribution is 2.21. The van der Waals surface area contributed by atoms with Crippen LogP contribution in [0.3, 0.4) is 0 Å². The van der Waals surface area contributed by atoms with Gasteiger partial charge in [0.2, 0.25) is 0 Å². The number of benzene rings is 1. The fourth-order valence-corrected chi connectivity index (χ4v) is 2.86. The van der Waals surface area contributed by atoms with Crippen molar-refractivity contribution in [2.24, 2.45) is 5.84 Å². The van der Waals surface area contributed by atoms with E-state index in [1.165, 1.54) is 22.4 Å². The summed E-state index contributed by atoms with van der Waals surface area (Å²) in [4.78, 5) is 1.36. The first kappa shape index (κ1) is 13.3. The highest BCUT2D eigenvalue weighted by molar-refractivity contribution is 7.09. The maximum absolute atomic E-state index is 5.67. The lowest BCUT2D eigenvalue weighted by atomic mass is 10.0. The topological polar surface area (TPSA) is 38.0 Å². The van der Waals surface area contributed by atoms with Gasteiger partial charge in [0.25, 0.3) is 0 Å². The molecule has 96 valence electrons. The smallest absolute Gasteiger partial charge is 0.0508 e. The Hall–Kier alpha value is -1.16. The minimum absolute atomic E-state index is 0.194. The molecule has 0 bridgehead atoms. The monoisotopic (exact) mass is 260 g/mol. The number of thiophene rings is 1. The van der Waals surface area contributed by atoms with Gasteiger partial charge < -0.3 is 0 Å². The maximum atomic E-state index is 5.67. The van der Waals surface area contributed by atoms with Crippen LogP contribution in [0.1, 0.15) is 35.4 Å². The van der Waals surface area contributed by atoms with E-state index in [0.717, 1.165) is 12.8 Å². The third kappa shape index (κ3) is 3.42. The molecule has 0 saturated carbocycles. The van der Waals surface area contributed by atoms with Crippen LogP contribution < -0.4 is 11.3 Å². The maximum Gasteiger partial charge on any atom is 0.0508 e. The van der Waals surface area contributed by atoms with Crippen LogP contribution >= 0.6 is 11.3 Å². The summed E-state index contributed by atoms with van der Waals surface area (Å²) in [6.45, 7) is 2.20. The van der Waals surface area contributed by atoms with Gasteiger partial charge in [0.05, 0.1) is 6.04 Å². The van der Waals surface area contributed by atoms with Gasteiger partial charge in [-0.1, -0.05) is 43.7 Å². The first-order valence-electron chi connectivity index (χ1n) is 6.41. The molecule has 18 heavy (non-hydrogen) atoms. The molecule has 2 rings (SSSR count). The number of rotatable bonds is 6. The van der Waals surface area contributed by atoms with E-state index < -0.39 is 0 Å². The van der Waals surface area contributed by atoms with E-state index in [1.54, 1.807) is 11.3 Å². The summed E-state index contributed by atoms with van der Waals surface area (Å²) in [5.41, 5.74) is 5.57. The highest BCUT2D eigenvalue weighted by Gasteiger charge is 2.10. The Kier molecular flexibility index (Phi) is 4.93. The lowest BCUT2D eigenvalue weighted by Crippen LogP contribution is -2.29. The largest absolute Gasteiger partial charge is 0.271 e. The van der Waals surface area contributed by atoms with Gasteiger partial charge in [-0.3, -0.25) is 11.3 Å². The summed E-state index contributed by atoms with van der Waals surface area (Å²) in [6, 6.07) is 13.2. The van der Waals surface area contributed by atoms with Crippen LogP contribution in [0.4, 0.5) is 0 Å². The molecular weight excluding hydrogens is 240 g/mol. The quantitative estimate of drug-likeness (QED) is 0.616. The fourth-order valence-electron chi connectivity index (χ4n) is 2.11. The Bertz CT molecular complexity index is 448.